The minimum Gasteiger partial charge on any atom is -0.395 e. The molecule has 1 aromatic rings. The van der Waals surface area contributed by atoms with Gasteiger partial charge in [-0.3, -0.25) is 15.1 Å². The second-order valence-corrected chi connectivity index (χ2v) is 4.91. The SMILES string of the molecule is CCCN(CCO)Cc1ccc(C(=O)NN)s1. The highest BCUT2D eigenvalue weighted by Gasteiger charge is 2.10. The van der Waals surface area contributed by atoms with Crippen molar-refractivity contribution in [3.63, 3.8) is 0 Å². The van der Waals surface area contributed by atoms with Gasteiger partial charge in [-0.2, -0.15) is 0 Å². The van der Waals surface area contributed by atoms with Crippen LogP contribution in [0.2, 0.25) is 0 Å². The number of thiophene rings is 1. The van der Waals surface area contributed by atoms with Gasteiger partial charge < -0.3 is 5.11 Å². The largest absolute Gasteiger partial charge is 0.395 e. The number of hydrazine groups is 1. The number of hydrogen-bond acceptors (Lipinski definition) is 5. The van der Waals surface area contributed by atoms with Gasteiger partial charge in [0.2, 0.25) is 0 Å². The average Bonchev–Trinajstić information content (AvgIpc) is 2.77. The van der Waals surface area contributed by atoms with E-state index in [9.17, 15) is 4.79 Å². The first kappa shape index (κ1) is 14.1. The molecule has 0 aliphatic rings. The number of nitrogens with one attached hydrogen (secondary N) is 1. The number of nitrogen functional groups attached to an aromatic ring is 1. The highest BCUT2D eigenvalue weighted by molar-refractivity contribution is 7.14. The van der Waals surface area contributed by atoms with Gasteiger partial charge in [0.1, 0.15) is 0 Å². The first-order valence-corrected chi connectivity index (χ1v) is 6.45. The Labute approximate surface area is 105 Å². The lowest BCUT2D eigenvalue weighted by molar-refractivity contribution is 0.0957. The van der Waals surface area contributed by atoms with Crippen LogP contribution >= 0.6 is 11.3 Å². The van der Waals surface area contributed by atoms with Crippen LogP contribution in [0.5, 0.6) is 0 Å². The Bertz CT molecular complexity index is 348. The molecule has 0 aliphatic carbocycles. The minimum atomic E-state index is -0.259. The second kappa shape index (κ2) is 7.39. The van der Waals surface area contributed by atoms with Gasteiger partial charge in [0.15, 0.2) is 0 Å². The summed E-state index contributed by atoms with van der Waals surface area (Å²) in [7, 11) is 0. The second-order valence-electron chi connectivity index (χ2n) is 3.74. The third kappa shape index (κ3) is 4.43. The fraction of sp³-hybridized carbons (Fsp3) is 0.545. The van der Waals surface area contributed by atoms with E-state index in [1.807, 2.05) is 6.07 Å². The molecule has 5 nitrogen and oxygen atoms in total. The summed E-state index contributed by atoms with van der Waals surface area (Å²) < 4.78 is 0. The smallest absolute Gasteiger partial charge is 0.275 e. The van der Waals surface area contributed by atoms with Crippen LogP contribution in [0, 0.1) is 0 Å². The van der Waals surface area contributed by atoms with Crippen molar-refractivity contribution in [2.45, 2.75) is 19.9 Å². The van der Waals surface area contributed by atoms with E-state index < -0.39 is 0 Å². The summed E-state index contributed by atoms with van der Waals surface area (Å²) in [6, 6.07) is 3.69. The molecule has 0 fully saturated rings. The number of hydrogen-bond donors (Lipinski definition) is 3. The van der Waals surface area contributed by atoms with E-state index in [1.165, 1.54) is 11.3 Å². The van der Waals surface area contributed by atoms with Crippen molar-refractivity contribution in [2.24, 2.45) is 5.84 Å². The topological polar surface area (TPSA) is 78.6 Å². The number of nitrogens with zero attached hydrogens (tertiary/aromatic N) is 1. The van der Waals surface area contributed by atoms with E-state index >= 15 is 0 Å². The number of aliphatic hydroxyl groups excluding tert-OH is 1. The van der Waals surface area contributed by atoms with E-state index in [1.54, 1.807) is 6.07 Å². The Morgan fingerprint density at radius 3 is 2.88 bits per heavy atom. The number of carbonyl (C=O) groups is 1. The molecule has 0 atom stereocenters. The van der Waals surface area contributed by atoms with Crippen molar-refractivity contribution in [1.29, 1.82) is 0 Å². The van der Waals surface area contributed by atoms with E-state index in [4.69, 9.17) is 10.9 Å². The van der Waals surface area contributed by atoms with Crippen LogP contribution in [0.3, 0.4) is 0 Å². The van der Waals surface area contributed by atoms with Gasteiger partial charge in [0, 0.05) is 18.0 Å². The molecule has 4 N–H and O–H groups in total. The molecule has 0 aromatic carbocycles. The van der Waals surface area contributed by atoms with E-state index in [2.05, 4.69) is 17.2 Å². The van der Waals surface area contributed by atoms with Crippen LogP contribution in [-0.4, -0.2) is 35.6 Å². The van der Waals surface area contributed by atoms with Crippen molar-refractivity contribution in [3.8, 4) is 0 Å². The highest BCUT2D eigenvalue weighted by Crippen LogP contribution is 2.18. The fourth-order valence-corrected chi connectivity index (χ4v) is 2.56. The zero-order valence-corrected chi connectivity index (χ0v) is 10.8. The molecule has 96 valence electrons. The summed E-state index contributed by atoms with van der Waals surface area (Å²) in [5.41, 5.74) is 2.12. The van der Waals surface area contributed by atoms with Crippen LogP contribution in [-0.2, 0) is 6.54 Å². The Hall–Kier alpha value is -0.950. The molecule has 1 rings (SSSR count). The summed E-state index contributed by atoms with van der Waals surface area (Å²) in [5.74, 6) is 4.81. The molecule has 6 heteroatoms. The van der Waals surface area contributed by atoms with Crippen molar-refractivity contribution < 1.29 is 9.90 Å². The van der Waals surface area contributed by atoms with Crippen LogP contribution < -0.4 is 11.3 Å². The standard InChI is InChI=1S/C11H19N3O2S/c1-2-5-14(6-7-15)8-9-3-4-10(17-9)11(16)13-12/h3-4,15H,2,5-8,12H2,1H3,(H,13,16). The monoisotopic (exact) mass is 257 g/mol. The van der Waals surface area contributed by atoms with Crippen molar-refractivity contribution in [2.75, 3.05) is 19.7 Å². The summed E-state index contributed by atoms with van der Waals surface area (Å²) in [6.07, 6.45) is 1.04. The van der Waals surface area contributed by atoms with Crippen molar-refractivity contribution in [1.82, 2.24) is 10.3 Å². The molecular weight excluding hydrogens is 238 g/mol. The maximum absolute atomic E-state index is 11.3. The lowest BCUT2D eigenvalue weighted by Crippen LogP contribution is -2.29. The van der Waals surface area contributed by atoms with Crippen LogP contribution in [0.25, 0.3) is 0 Å². The first-order valence-electron chi connectivity index (χ1n) is 5.64. The molecule has 0 unspecified atom stereocenters. The van der Waals surface area contributed by atoms with Gasteiger partial charge in [0.05, 0.1) is 11.5 Å². The number of nitrogens with two attached hydrogens (primary N) is 1. The molecule has 1 heterocycles. The number of amides is 1. The van der Waals surface area contributed by atoms with Gasteiger partial charge in [-0.15, -0.1) is 11.3 Å². The van der Waals surface area contributed by atoms with Gasteiger partial charge >= 0.3 is 0 Å². The van der Waals surface area contributed by atoms with Crippen molar-refractivity contribution >= 4 is 17.2 Å². The Balaban J connectivity index is 2.60. The third-order valence-electron chi connectivity index (χ3n) is 2.35. The Morgan fingerprint density at radius 2 is 2.29 bits per heavy atom. The van der Waals surface area contributed by atoms with E-state index in [-0.39, 0.29) is 12.5 Å². The fourth-order valence-electron chi connectivity index (χ4n) is 1.60. The Kier molecular flexibility index (Phi) is 6.13. The zero-order valence-electron chi connectivity index (χ0n) is 9.98. The number of aliphatic hydroxyl groups is 1. The average molecular weight is 257 g/mol. The molecule has 17 heavy (non-hydrogen) atoms. The van der Waals surface area contributed by atoms with Crippen LogP contribution in [0.4, 0.5) is 0 Å². The molecule has 1 aromatic heterocycles. The molecule has 0 bridgehead atoms. The summed E-state index contributed by atoms with van der Waals surface area (Å²) >= 11 is 1.43. The van der Waals surface area contributed by atoms with Crippen molar-refractivity contribution in [3.05, 3.63) is 21.9 Å². The zero-order chi connectivity index (χ0) is 12.7. The predicted octanol–water partition coefficient (Wildman–Crippen LogP) is 0.556. The minimum absolute atomic E-state index is 0.154. The summed E-state index contributed by atoms with van der Waals surface area (Å²) in [6.45, 7) is 4.62. The van der Waals surface area contributed by atoms with Gasteiger partial charge in [-0.05, 0) is 25.1 Å². The lowest BCUT2D eigenvalue weighted by atomic mass is 10.3. The first-order chi connectivity index (χ1) is 8.21. The van der Waals surface area contributed by atoms with Gasteiger partial charge in [-0.1, -0.05) is 6.92 Å². The van der Waals surface area contributed by atoms with E-state index in [0.29, 0.717) is 11.4 Å². The maximum Gasteiger partial charge on any atom is 0.275 e. The molecule has 0 radical (unpaired) electrons. The molecule has 0 saturated carbocycles. The van der Waals surface area contributed by atoms with Gasteiger partial charge in [-0.25, -0.2) is 5.84 Å². The number of carbonyl (C=O) groups excluding carboxylic acids is 1. The molecular formula is C11H19N3O2S. The highest BCUT2D eigenvalue weighted by atomic mass is 32.1. The molecule has 0 saturated heterocycles. The summed E-state index contributed by atoms with van der Waals surface area (Å²) in [5, 5.41) is 8.95. The normalized spacial score (nSPS) is 10.8. The molecule has 1 amide bonds. The van der Waals surface area contributed by atoms with Crippen LogP contribution in [0.15, 0.2) is 12.1 Å². The quantitative estimate of drug-likeness (QED) is 0.379. The molecule has 0 spiro atoms. The Morgan fingerprint density at radius 1 is 1.53 bits per heavy atom. The van der Waals surface area contributed by atoms with E-state index in [0.717, 1.165) is 24.4 Å². The lowest BCUT2D eigenvalue weighted by Gasteiger charge is -2.19. The van der Waals surface area contributed by atoms with Gasteiger partial charge in [0.25, 0.3) is 5.91 Å². The predicted molar refractivity (Wildman–Crippen MR) is 68.6 cm³/mol. The molecule has 0 aliphatic heterocycles. The number of rotatable bonds is 7. The maximum atomic E-state index is 11.3. The van der Waals surface area contributed by atoms with Crippen LogP contribution in [0.1, 0.15) is 27.9 Å². The third-order valence-corrected chi connectivity index (χ3v) is 3.42. The summed E-state index contributed by atoms with van der Waals surface area (Å²) in [4.78, 5) is 15.2.